The molecule has 2 aromatic rings. The van der Waals surface area contributed by atoms with Crippen molar-refractivity contribution in [3.63, 3.8) is 0 Å². The normalized spacial score (nSPS) is 12.9. The fraction of sp³-hybridized carbons (Fsp3) is 0.400. The minimum atomic E-state index is 0.231. The number of nitrogens with zero attached hydrogens (tertiary/aromatic N) is 2. The average molecular weight is 301 g/mol. The highest BCUT2D eigenvalue weighted by molar-refractivity contribution is 9.10. The van der Waals surface area contributed by atoms with Crippen LogP contribution in [0.4, 0.5) is 0 Å². The fourth-order valence-corrected chi connectivity index (χ4v) is 3.07. The number of likely N-dealkylation sites (N-methyl/N-ethyl adjacent to an activating group) is 1. The molecule has 86 valence electrons. The highest BCUT2D eigenvalue weighted by Gasteiger charge is 2.14. The molecule has 1 atom stereocenters. The Bertz CT molecular complexity index is 426. The van der Waals surface area contributed by atoms with Crippen molar-refractivity contribution in [2.75, 3.05) is 6.54 Å². The van der Waals surface area contributed by atoms with Crippen LogP contribution in [0.5, 0.6) is 0 Å². The van der Waals surface area contributed by atoms with Gasteiger partial charge in [-0.15, -0.1) is 11.3 Å². The summed E-state index contributed by atoms with van der Waals surface area (Å²) in [7, 11) is 0. The lowest BCUT2D eigenvalue weighted by molar-refractivity contribution is 0.539. The van der Waals surface area contributed by atoms with Crippen LogP contribution in [0.2, 0.25) is 0 Å². The third-order valence-electron chi connectivity index (χ3n) is 2.27. The highest BCUT2D eigenvalue weighted by Crippen LogP contribution is 2.24. The quantitative estimate of drug-likeness (QED) is 0.892. The molecule has 0 bridgehead atoms. The molecule has 0 amide bonds. The SMILES string of the molecule is CCNC(Cc1cc(Br)cs1)c1cn[nH]n1. The summed E-state index contributed by atoms with van der Waals surface area (Å²) in [6, 6.07) is 2.38. The van der Waals surface area contributed by atoms with Gasteiger partial charge in [-0.3, -0.25) is 0 Å². The molecular formula is C10H13BrN4S. The van der Waals surface area contributed by atoms with Crippen LogP contribution in [0.3, 0.4) is 0 Å². The van der Waals surface area contributed by atoms with Gasteiger partial charge in [0.25, 0.3) is 0 Å². The van der Waals surface area contributed by atoms with Crippen molar-refractivity contribution in [1.82, 2.24) is 20.7 Å². The van der Waals surface area contributed by atoms with E-state index in [2.05, 4.69) is 55.0 Å². The minimum Gasteiger partial charge on any atom is -0.308 e. The van der Waals surface area contributed by atoms with Gasteiger partial charge < -0.3 is 5.32 Å². The van der Waals surface area contributed by atoms with Gasteiger partial charge in [0.2, 0.25) is 0 Å². The largest absolute Gasteiger partial charge is 0.308 e. The predicted octanol–water partition coefficient (Wildman–Crippen LogP) is 2.52. The number of H-pyrrole nitrogens is 1. The van der Waals surface area contributed by atoms with E-state index in [1.165, 1.54) is 4.88 Å². The van der Waals surface area contributed by atoms with E-state index in [0.29, 0.717) is 0 Å². The first-order valence-electron chi connectivity index (χ1n) is 5.11. The molecule has 6 heteroatoms. The zero-order chi connectivity index (χ0) is 11.4. The maximum absolute atomic E-state index is 4.13. The second kappa shape index (κ2) is 5.56. The molecule has 4 nitrogen and oxygen atoms in total. The third kappa shape index (κ3) is 2.90. The van der Waals surface area contributed by atoms with Gasteiger partial charge in [0.15, 0.2) is 0 Å². The molecule has 0 saturated heterocycles. The van der Waals surface area contributed by atoms with Gasteiger partial charge in [-0.25, -0.2) is 0 Å². The fourth-order valence-electron chi connectivity index (χ4n) is 1.57. The van der Waals surface area contributed by atoms with E-state index >= 15 is 0 Å². The zero-order valence-electron chi connectivity index (χ0n) is 8.90. The van der Waals surface area contributed by atoms with Gasteiger partial charge in [-0.2, -0.15) is 15.4 Å². The number of aromatic nitrogens is 3. The summed E-state index contributed by atoms with van der Waals surface area (Å²) < 4.78 is 1.14. The van der Waals surface area contributed by atoms with Crippen LogP contribution in [-0.2, 0) is 6.42 Å². The lowest BCUT2D eigenvalue weighted by Gasteiger charge is -2.13. The Morgan fingerprint density at radius 1 is 1.62 bits per heavy atom. The summed E-state index contributed by atoms with van der Waals surface area (Å²) in [4.78, 5) is 1.33. The van der Waals surface area contributed by atoms with Gasteiger partial charge in [0.05, 0.1) is 17.9 Å². The summed E-state index contributed by atoms with van der Waals surface area (Å²) in [5.74, 6) is 0. The first kappa shape index (κ1) is 11.8. The van der Waals surface area contributed by atoms with E-state index in [9.17, 15) is 0 Å². The highest BCUT2D eigenvalue weighted by atomic mass is 79.9. The van der Waals surface area contributed by atoms with Crippen molar-refractivity contribution in [1.29, 1.82) is 0 Å². The van der Waals surface area contributed by atoms with Crippen LogP contribution in [0.1, 0.15) is 23.5 Å². The van der Waals surface area contributed by atoms with Gasteiger partial charge in [-0.05, 0) is 28.5 Å². The summed E-state index contributed by atoms with van der Waals surface area (Å²) in [6.07, 6.45) is 2.71. The molecule has 0 saturated carbocycles. The van der Waals surface area contributed by atoms with Crippen LogP contribution in [0, 0.1) is 0 Å². The van der Waals surface area contributed by atoms with Crippen LogP contribution >= 0.6 is 27.3 Å². The molecule has 0 aliphatic carbocycles. The molecule has 2 N–H and O–H groups in total. The Labute approximate surface area is 107 Å². The van der Waals surface area contributed by atoms with E-state index in [1.54, 1.807) is 17.5 Å². The topological polar surface area (TPSA) is 53.6 Å². The molecule has 2 heterocycles. The summed E-state index contributed by atoms with van der Waals surface area (Å²) in [5.41, 5.74) is 0.964. The zero-order valence-corrected chi connectivity index (χ0v) is 11.3. The number of nitrogens with one attached hydrogen (secondary N) is 2. The molecule has 0 aliphatic rings. The third-order valence-corrected chi connectivity index (χ3v) is 3.99. The Balaban J connectivity index is 2.09. The number of aromatic amines is 1. The molecule has 0 fully saturated rings. The van der Waals surface area contributed by atoms with E-state index in [0.717, 1.165) is 23.1 Å². The Morgan fingerprint density at radius 3 is 3.06 bits per heavy atom. The molecule has 16 heavy (non-hydrogen) atoms. The Morgan fingerprint density at radius 2 is 2.50 bits per heavy atom. The van der Waals surface area contributed by atoms with E-state index in [4.69, 9.17) is 0 Å². The van der Waals surface area contributed by atoms with Crippen LogP contribution in [0.25, 0.3) is 0 Å². The van der Waals surface area contributed by atoms with Gasteiger partial charge >= 0.3 is 0 Å². The van der Waals surface area contributed by atoms with Crippen LogP contribution in [-0.4, -0.2) is 22.0 Å². The van der Waals surface area contributed by atoms with Crippen LogP contribution < -0.4 is 5.32 Å². The summed E-state index contributed by atoms with van der Waals surface area (Å²) in [5, 5.41) is 16.1. The number of hydrogen-bond acceptors (Lipinski definition) is 4. The lowest BCUT2D eigenvalue weighted by atomic mass is 10.1. The van der Waals surface area contributed by atoms with Crippen molar-refractivity contribution >= 4 is 27.3 Å². The van der Waals surface area contributed by atoms with Crippen molar-refractivity contribution in [2.24, 2.45) is 0 Å². The molecule has 0 aromatic carbocycles. The number of halogens is 1. The number of rotatable bonds is 5. The number of hydrogen-bond donors (Lipinski definition) is 2. The maximum atomic E-state index is 4.13. The molecule has 0 aliphatic heterocycles. The Hall–Kier alpha value is -0.720. The predicted molar refractivity (Wildman–Crippen MR) is 68.5 cm³/mol. The molecule has 1 unspecified atom stereocenters. The molecular weight excluding hydrogens is 288 g/mol. The lowest BCUT2D eigenvalue weighted by Crippen LogP contribution is -2.23. The van der Waals surface area contributed by atoms with E-state index < -0.39 is 0 Å². The number of thiophene rings is 1. The van der Waals surface area contributed by atoms with E-state index in [1.807, 2.05) is 0 Å². The van der Waals surface area contributed by atoms with Crippen molar-refractivity contribution < 1.29 is 0 Å². The monoisotopic (exact) mass is 300 g/mol. The van der Waals surface area contributed by atoms with Gasteiger partial charge in [0, 0.05) is 21.2 Å². The summed E-state index contributed by atoms with van der Waals surface area (Å²) >= 11 is 5.22. The smallest absolute Gasteiger partial charge is 0.0997 e. The van der Waals surface area contributed by atoms with Crippen molar-refractivity contribution in [3.8, 4) is 0 Å². The molecule has 0 radical (unpaired) electrons. The minimum absolute atomic E-state index is 0.231. The summed E-state index contributed by atoms with van der Waals surface area (Å²) in [6.45, 7) is 3.02. The molecule has 0 spiro atoms. The molecule has 2 rings (SSSR count). The van der Waals surface area contributed by atoms with Crippen molar-refractivity contribution in [3.05, 3.63) is 32.7 Å². The first-order valence-corrected chi connectivity index (χ1v) is 6.78. The standard InChI is InChI=1S/C10H13BrN4S/c1-2-12-9(10-5-13-15-14-10)4-8-3-7(11)6-16-8/h3,5-6,9,12H,2,4H2,1H3,(H,13,14,15). The van der Waals surface area contributed by atoms with Gasteiger partial charge in [0.1, 0.15) is 0 Å². The van der Waals surface area contributed by atoms with Crippen LogP contribution in [0.15, 0.2) is 22.1 Å². The average Bonchev–Trinajstić information content (AvgIpc) is 2.88. The van der Waals surface area contributed by atoms with Crippen molar-refractivity contribution in [2.45, 2.75) is 19.4 Å². The second-order valence-electron chi connectivity index (χ2n) is 3.44. The van der Waals surface area contributed by atoms with E-state index in [-0.39, 0.29) is 6.04 Å². The second-order valence-corrected chi connectivity index (χ2v) is 5.35. The molecule has 2 aromatic heterocycles. The maximum Gasteiger partial charge on any atom is 0.0997 e. The first-order chi connectivity index (χ1) is 7.79. The Kier molecular flexibility index (Phi) is 4.09. The van der Waals surface area contributed by atoms with Gasteiger partial charge in [-0.1, -0.05) is 6.92 Å².